The molecule has 1 aromatic carbocycles. The summed E-state index contributed by atoms with van der Waals surface area (Å²) in [6, 6.07) is 7.58. The summed E-state index contributed by atoms with van der Waals surface area (Å²) < 4.78 is 10.8. The molecular weight excluding hydrogens is 216 g/mol. The summed E-state index contributed by atoms with van der Waals surface area (Å²) >= 11 is 0. The fourth-order valence-electron chi connectivity index (χ4n) is 1.30. The normalized spacial score (nSPS) is 11.4. The lowest BCUT2D eigenvalue weighted by Crippen LogP contribution is -2.40. The quantitative estimate of drug-likeness (QED) is 0.753. The molecule has 0 fully saturated rings. The number of carbonyl (C=O) groups excluding carboxylic acids is 1. The maximum atomic E-state index is 11.8. The summed E-state index contributed by atoms with van der Waals surface area (Å²) in [5.74, 6) is 0.314. The van der Waals surface area contributed by atoms with E-state index in [4.69, 9.17) is 9.47 Å². The minimum Gasteiger partial charge on any atom is -0.476 e. The predicted octanol–water partition coefficient (Wildman–Crippen LogP) is 3.10. The summed E-state index contributed by atoms with van der Waals surface area (Å²) in [6.07, 6.45) is -0.136. The van der Waals surface area contributed by atoms with Gasteiger partial charge in [-0.25, -0.2) is 4.79 Å². The second kappa shape index (κ2) is 5.21. The van der Waals surface area contributed by atoms with Crippen LogP contribution in [0.1, 0.15) is 33.3 Å². The van der Waals surface area contributed by atoms with Crippen LogP contribution >= 0.6 is 0 Å². The Labute approximate surface area is 103 Å². The van der Waals surface area contributed by atoms with Crippen molar-refractivity contribution in [1.82, 2.24) is 0 Å². The number of rotatable bonds is 4. The summed E-state index contributed by atoms with van der Waals surface area (Å²) in [5, 5.41) is 0. The zero-order chi connectivity index (χ0) is 13.1. The summed E-state index contributed by atoms with van der Waals surface area (Å²) in [4.78, 5) is 11.8. The van der Waals surface area contributed by atoms with E-state index in [2.05, 4.69) is 0 Å². The standard InChI is InChI=1S/C14H20O3/c1-10(2)16-13(15)14(4,5)17-12-8-6-11(3)7-9-12/h6-10H,1-5H3. The molecule has 3 nitrogen and oxygen atoms in total. The van der Waals surface area contributed by atoms with Crippen molar-refractivity contribution in [1.29, 1.82) is 0 Å². The molecule has 0 saturated carbocycles. The summed E-state index contributed by atoms with van der Waals surface area (Å²) in [7, 11) is 0. The Kier molecular flexibility index (Phi) is 4.16. The van der Waals surface area contributed by atoms with Crippen molar-refractivity contribution in [2.75, 3.05) is 0 Å². The molecule has 0 aliphatic carbocycles. The van der Waals surface area contributed by atoms with Gasteiger partial charge in [-0.05, 0) is 46.8 Å². The van der Waals surface area contributed by atoms with Crippen molar-refractivity contribution < 1.29 is 14.3 Å². The molecule has 0 saturated heterocycles. The van der Waals surface area contributed by atoms with Crippen molar-refractivity contribution >= 4 is 5.97 Å². The number of carbonyl (C=O) groups is 1. The Bertz CT molecular complexity index is 377. The zero-order valence-electron chi connectivity index (χ0n) is 11.1. The van der Waals surface area contributed by atoms with Gasteiger partial charge in [0.2, 0.25) is 0 Å². The second-order valence-electron chi connectivity index (χ2n) is 4.88. The fraction of sp³-hybridized carbons (Fsp3) is 0.500. The Morgan fingerprint density at radius 1 is 1.18 bits per heavy atom. The van der Waals surface area contributed by atoms with Crippen LogP contribution in [0, 0.1) is 6.92 Å². The summed E-state index contributed by atoms with van der Waals surface area (Å²) in [6.45, 7) is 9.05. The number of aryl methyl sites for hydroxylation is 1. The van der Waals surface area contributed by atoms with E-state index in [1.165, 1.54) is 0 Å². The van der Waals surface area contributed by atoms with Crippen LogP contribution in [0.2, 0.25) is 0 Å². The third-order valence-electron chi connectivity index (χ3n) is 2.23. The van der Waals surface area contributed by atoms with Crippen LogP contribution < -0.4 is 4.74 Å². The van der Waals surface area contributed by atoms with Gasteiger partial charge in [-0.1, -0.05) is 17.7 Å². The molecular formula is C14H20O3. The van der Waals surface area contributed by atoms with E-state index in [-0.39, 0.29) is 12.1 Å². The largest absolute Gasteiger partial charge is 0.476 e. The highest BCUT2D eigenvalue weighted by Crippen LogP contribution is 2.20. The molecule has 0 aromatic heterocycles. The van der Waals surface area contributed by atoms with Crippen LogP contribution in [-0.4, -0.2) is 17.7 Å². The van der Waals surface area contributed by atoms with Crippen molar-refractivity contribution in [3.05, 3.63) is 29.8 Å². The van der Waals surface area contributed by atoms with Gasteiger partial charge < -0.3 is 9.47 Å². The smallest absolute Gasteiger partial charge is 0.350 e. The summed E-state index contributed by atoms with van der Waals surface area (Å²) in [5.41, 5.74) is 0.180. The molecule has 0 spiro atoms. The molecule has 0 amide bonds. The van der Waals surface area contributed by atoms with Crippen LogP contribution in [0.25, 0.3) is 0 Å². The van der Waals surface area contributed by atoms with E-state index in [0.717, 1.165) is 5.56 Å². The highest BCUT2D eigenvalue weighted by Gasteiger charge is 2.32. The van der Waals surface area contributed by atoms with E-state index in [0.29, 0.717) is 5.75 Å². The van der Waals surface area contributed by atoms with Gasteiger partial charge >= 0.3 is 5.97 Å². The Morgan fingerprint density at radius 3 is 2.18 bits per heavy atom. The Balaban J connectivity index is 2.71. The number of ether oxygens (including phenoxy) is 2. The third kappa shape index (κ3) is 4.10. The van der Waals surface area contributed by atoms with Gasteiger partial charge in [0.15, 0.2) is 5.60 Å². The molecule has 0 unspecified atom stereocenters. The van der Waals surface area contributed by atoms with Crippen LogP contribution in [0.4, 0.5) is 0 Å². The van der Waals surface area contributed by atoms with Gasteiger partial charge in [0.25, 0.3) is 0 Å². The first-order valence-electron chi connectivity index (χ1n) is 5.78. The minimum atomic E-state index is -0.973. The topological polar surface area (TPSA) is 35.5 Å². The number of benzene rings is 1. The third-order valence-corrected chi connectivity index (χ3v) is 2.23. The molecule has 0 radical (unpaired) electrons. The first-order valence-corrected chi connectivity index (χ1v) is 5.78. The second-order valence-corrected chi connectivity index (χ2v) is 4.88. The first-order chi connectivity index (χ1) is 7.81. The Morgan fingerprint density at radius 2 is 1.71 bits per heavy atom. The molecule has 0 N–H and O–H groups in total. The lowest BCUT2D eigenvalue weighted by atomic mass is 10.1. The molecule has 94 valence electrons. The monoisotopic (exact) mass is 236 g/mol. The van der Waals surface area contributed by atoms with Gasteiger partial charge in [-0.15, -0.1) is 0 Å². The molecule has 0 atom stereocenters. The van der Waals surface area contributed by atoms with E-state index in [9.17, 15) is 4.79 Å². The first kappa shape index (κ1) is 13.6. The number of hydrogen-bond donors (Lipinski definition) is 0. The van der Waals surface area contributed by atoms with Crippen LogP contribution in [-0.2, 0) is 9.53 Å². The van der Waals surface area contributed by atoms with Crippen molar-refractivity contribution in [3.8, 4) is 5.75 Å². The lowest BCUT2D eigenvalue weighted by molar-refractivity contribution is -0.163. The minimum absolute atomic E-state index is 0.136. The number of esters is 1. The van der Waals surface area contributed by atoms with E-state index in [1.54, 1.807) is 13.8 Å². The molecule has 1 aromatic rings. The van der Waals surface area contributed by atoms with Crippen LogP contribution in [0.15, 0.2) is 24.3 Å². The van der Waals surface area contributed by atoms with Crippen LogP contribution in [0.3, 0.4) is 0 Å². The predicted molar refractivity (Wildman–Crippen MR) is 67.1 cm³/mol. The van der Waals surface area contributed by atoms with Crippen molar-refractivity contribution in [2.45, 2.75) is 46.3 Å². The van der Waals surface area contributed by atoms with E-state index < -0.39 is 5.60 Å². The van der Waals surface area contributed by atoms with Crippen molar-refractivity contribution in [3.63, 3.8) is 0 Å². The molecule has 17 heavy (non-hydrogen) atoms. The highest BCUT2D eigenvalue weighted by molar-refractivity contribution is 5.79. The van der Waals surface area contributed by atoms with Gasteiger partial charge in [0, 0.05) is 0 Å². The molecule has 1 rings (SSSR count). The highest BCUT2D eigenvalue weighted by atomic mass is 16.6. The molecule has 0 heterocycles. The molecule has 0 aliphatic rings. The average Bonchev–Trinajstić information content (AvgIpc) is 2.20. The maximum absolute atomic E-state index is 11.8. The van der Waals surface area contributed by atoms with Gasteiger partial charge in [-0.2, -0.15) is 0 Å². The van der Waals surface area contributed by atoms with Crippen molar-refractivity contribution in [2.24, 2.45) is 0 Å². The molecule has 3 heteroatoms. The van der Waals surface area contributed by atoms with Gasteiger partial charge in [-0.3, -0.25) is 0 Å². The van der Waals surface area contributed by atoms with Gasteiger partial charge in [0.05, 0.1) is 6.10 Å². The lowest BCUT2D eigenvalue weighted by Gasteiger charge is -2.25. The zero-order valence-corrected chi connectivity index (χ0v) is 11.1. The fourth-order valence-corrected chi connectivity index (χ4v) is 1.30. The van der Waals surface area contributed by atoms with Crippen LogP contribution in [0.5, 0.6) is 5.75 Å². The SMILES string of the molecule is Cc1ccc(OC(C)(C)C(=O)OC(C)C)cc1. The average molecular weight is 236 g/mol. The molecule has 0 bridgehead atoms. The number of hydrogen-bond acceptors (Lipinski definition) is 3. The van der Waals surface area contributed by atoms with Gasteiger partial charge in [0.1, 0.15) is 5.75 Å². The van der Waals surface area contributed by atoms with E-state index >= 15 is 0 Å². The maximum Gasteiger partial charge on any atom is 0.350 e. The molecule has 0 aliphatic heterocycles. The van der Waals surface area contributed by atoms with E-state index in [1.807, 2.05) is 45.0 Å². The Hall–Kier alpha value is -1.51.